The van der Waals surface area contributed by atoms with Crippen LogP contribution in [0.15, 0.2) is 43.2 Å². The molecule has 0 spiro atoms. The third-order valence-electron chi connectivity index (χ3n) is 4.12. The molecule has 0 aromatic carbocycles. The third kappa shape index (κ3) is 3.52. The molecule has 4 rings (SSSR count). The number of anilines is 3. The SMILES string of the molecule is Cc1cc(Nc2cnccn2)nc([C@@H]2CCN(c3cnccn3)C2)n1. The van der Waals surface area contributed by atoms with Crippen molar-refractivity contribution in [2.45, 2.75) is 19.3 Å². The maximum atomic E-state index is 4.69. The zero-order chi connectivity index (χ0) is 17.1. The molecule has 1 saturated heterocycles. The van der Waals surface area contributed by atoms with Gasteiger partial charge in [0.1, 0.15) is 23.3 Å². The van der Waals surface area contributed by atoms with Crippen molar-refractivity contribution in [3.8, 4) is 0 Å². The van der Waals surface area contributed by atoms with Crippen LogP contribution in [-0.4, -0.2) is 43.0 Å². The third-order valence-corrected chi connectivity index (χ3v) is 4.12. The molecular weight excluding hydrogens is 316 g/mol. The quantitative estimate of drug-likeness (QED) is 0.775. The summed E-state index contributed by atoms with van der Waals surface area (Å²) in [5, 5.41) is 3.19. The van der Waals surface area contributed by atoms with Gasteiger partial charge in [-0.3, -0.25) is 9.97 Å². The number of hydrogen-bond acceptors (Lipinski definition) is 8. The number of aryl methyl sites for hydroxylation is 1. The van der Waals surface area contributed by atoms with Gasteiger partial charge in [0.15, 0.2) is 0 Å². The summed E-state index contributed by atoms with van der Waals surface area (Å²) in [5.74, 6) is 3.41. The van der Waals surface area contributed by atoms with Crippen LogP contribution in [0.3, 0.4) is 0 Å². The van der Waals surface area contributed by atoms with Crippen LogP contribution in [-0.2, 0) is 0 Å². The van der Waals surface area contributed by atoms with Crippen molar-refractivity contribution in [3.63, 3.8) is 0 Å². The first-order chi connectivity index (χ1) is 12.3. The Balaban J connectivity index is 1.53. The molecule has 1 aliphatic heterocycles. The highest BCUT2D eigenvalue weighted by Gasteiger charge is 2.27. The molecule has 0 bridgehead atoms. The molecular formula is C17H18N8. The fraction of sp³-hybridized carbons (Fsp3) is 0.294. The topological polar surface area (TPSA) is 92.6 Å². The van der Waals surface area contributed by atoms with Crippen LogP contribution in [0.1, 0.15) is 23.9 Å². The Bertz CT molecular complexity index is 840. The van der Waals surface area contributed by atoms with Crippen molar-refractivity contribution < 1.29 is 0 Å². The highest BCUT2D eigenvalue weighted by Crippen LogP contribution is 2.28. The van der Waals surface area contributed by atoms with E-state index in [0.29, 0.717) is 5.82 Å². The van der Waals surface area contributed by atoms with Crippen molar-refractivity contribution >= 4 is 17.5 Å². The van der Waals surface area contributed by atoms with Gasteiger partial charge in [0.2, 0.25) is 0 Å². The summed E-state index contributed by atoms with van der Waals surface area (Å²) in [6.45, 7) is 3.74. The van der Waals surface area contributed by atoms with Gasteiger partial charge in [-0.05, 0) is 13.3 Å². The van der Waals surface area contributed by atoms with E-state index in [4.69, 9.17) is 0 Å². The molecule has 0 radical (unpaired) electrons. The minimum atomic E-state index is 0.268. The first kappa shape index (κ1) is 15.4. The lowest BCUT2D eigenvalue weighted by atomic mass is 10.1. The molecule has 1 aliphatic rings. The molecule has 1 N–H and O–H groups in total. The van der Waals surface area contributed by atoms with Gasteiger partial charge in [0, 0.05) is 55.6 Å². The van der Waals surface area contributed by atoms with Crippen LogP contribution in [0.2, 0.25) is 0 Å². The van der Waals surface area contributed by atoms with E-state index >= 15 is 0 Å². The first-order valence-corrected chi connectivity index (χ1v) is 8.17. The van der Waals surface area contributed by atoms with Crippen molar-refractivity contribution in [2.75, 3.05) is 23.3 Å². The molecule has 126 valence electrons. The molecule has 8 nitrogen and oxygen atoms in total. The number of hydrogen-bond donors (Lipinski definition) is 1. The normalized spacial score (nSPS) is 16.8. The summed E-state index contributed by atoms with van der Waals surface area (Å²) in [4.78, 5) is 28.3. The van der Waals surface area contributed by atoms with E-state index in [0.717, 1.165) is 42.7 Å². The Morgan fingerprint density at radius 3 is 2.60 bits per heavy atom. The molecule has 1 fully saturated rings. The highest BCUT2D eigenvalue weighted by molar-refractivity contribution is 5.50. The van der Waals surface area contributed by atoms with Crippen LogP contribution >= 0.6 is 0 Å². The van der Waals surface area contributed by atoms with Gasteiger partial charge in [-0.2, -0.15) is 0 Å². The summed E-state index contributed by atoms with van der Waals surface area (Å²) < 4.78 is 0. The molecule has 0 saturated carbocycles. The lowest BCUT2D eigenvalue weighted by Gasteiger charge is -2.16. The Labute approximate surface area is 145 Å². The molecule has 25 heavy (non-hydrogen) atoms. The van der Waals surface area contributed by atoms with E-state index in [2.05, 4.69) is 40.1 Å². The molecule has 3 aromatic rings. The van der Waals surface area contributed by atoms with Crippen molar-refractivity contribution in [3.05, 3.63) is 54.8 Å². The van der Waals surface area contributed by atoms with E-state index in [9.17, 15) is 0 Å². The summed E-state index contributed by atoms with van der Waals surface area (Å²) in [6.07, 6.45) is 11.1. The van der Waals surface area contributed by atoms with Crippen molar-refractivity contribution in [1.29, 1.82) is 0 Å². The molecule has 0 unspecified atom stereocenters. The van der Waals surface area contributed by atoms with Crippen LogP contribution < -0.4 is 10.2 Å². The molecule has 4 heterocycles. The maximum Gasteiger partial charge on any atom is 0.150 e. The van der Waals surface area contributed by atoms with Gasteiger partial charge in [-0.25, -0.2) is 19.9 Å². The summed E-state index contributed by atoms with van der Waals surface area (Å²) >= 11 is 0. The van der Waals surface area contributed by atoms with E-state index in [1.807, 2.05) is 13.0 Å². The Morgan fingerprint density at radius 2 is 1.84 bits per heavy atom. The minimum absolute atomic E-state index is 0.268. The van der Waals surface area contributed by atoms with Gasteiger partial charge in [-0.15, -0.1) is 0 Å². The van der Waals surface area contributed by atoms with Gasteiger partial charge in [0.25, 0.3) is 0 Å². The molecule has 0 amide bonds. The Kier molecular flexibility index (Phi) is 4.16. The number of aromatic nitrogens is 6. The average molecular weight is 334 g/mol. The zero-order valence-corrected chi connectivity index (χ0v) is 13.9. The van der Waals surface area contributed by atoms with E-state index in [-0.39, 0.29) is 5.92 Å². The van der Waals surface area contributed by atoms with Gasteiger partial charge < -0.3 is 10.2 Å². The lowest BCUT2D eigenvalue weighted by molar-refractivity contribution is 0.705. The Hall–Kier alpha value is -3.16. The van der Waals surface area contributed by atoms with Gasteiger partial charge >= 0.3 is 0 Å². The van der Waals surface area contributed by atoms with Crippen molar-refractivity contribution in [2.24, 2.45) is 0 Å². The van der Waals surface area contributed by atoms with Crippen LogP contribution in [0.5, 0.6) is 0 Å². The van der Waals surface area contributed by atoms with Crippen LogP contribution in [0, 0.1) is 6.92 Å². The second-order valence-corrected chi connectivity index (χ2v) is 5.96. The molecule has 3 aromatic heterocycles. The largest absolute Gasteiger partial charge is 0.355 e. The second-order valence-electron chi connectivity index (χ2n) is 5.96. The standard InChI is InChI=1S/C17H18N8/c1-12-8-14(23-15-9-18-3-5-20-15)24-17(22-12)13-2-7-25(11-13)16-10-19-4-6-21-16/h3-6,8-10,13H,2,7,11H2,1H3,(H,20,22,23,24)/t13-/m1/s1. The van der Waals surface area contributed by atoms with Crippen molar-refractivity contribution in [1.82, 2.24) is 29.9 Å². The number of nitrogens with one attached hydrogen (secondary N) is 1. The van der Waals surface area contributed by atoms with E-state index in [1.165, 1.54) is 0 Å². The van der Waals surface area contributed by atoms with Crippen LogP contribution in [0.4, 0.5) is 17.5 Å². The second kappa shape index (κ2) is 6.76. The van der Waals surface area contributed by atoms with E-state index < -0.39 is 0 Å². The number of nitrogens with zero attached hydrogens (tertiary/aromatic N) is 7. The highest BCUT2D eigenvalue weighted by atomic mass is 15.2. The zero-order valence-electron chi connectivity index (χ0n) is 13.9. The molecule has 0 aliphatic carbocycles. The molecule has 8 heteroatoms. The molecule has 1 atom stereocenters. The first-order valence-electron chi connectivity index (χ1n) is 8.17. The summed E-state index contributed by atoms with van der Waals surface area (Å²) in [7, 11) is 0. The minimum Gasteiger partial charge on any atom is -0.355 e. The fourth-order valence-electron chi connectivity index (χ4n) is 2.97. The Morgan fingerprint density at radius 1 is 1.00 bits per heavy atom. The van der Waals surface area contributed by atoms with E-state index in [1.54, 1.807) is 37.2 Å². The summed E-state index contributed by atoms with van der Waals surface area (Å²) in [5.41, 5.74) is 0.925. The van der Waals surface area contributed by atoms with Crippen LogP contribution in [0.25, 0.3) is 0 Å². The summed E-state index contributed by atoms with van der Waals surface area (Å²) in [6, 6.07) is 1.91. The average Bonchev–Trinajstić information content (AvgIpc) is 3.13. The van der Waals surface area contributed by atoms with Gasteiger partial charge in [-0.1, -0.05) is 0 Å². The smallest absolute Gasteiger partial charge is 0.150 e. The fourth-order valence-corrected chi connectivity index (χ4v) is 2.97. The number of rotatable bonds is 4. The van der Waals surface area contributed by atoms with Gasteiger partial charge in [0.05, 0.1) is 12.4 Å². The maximum absolute atomic E-state index is 4.69. The lowest BCUT2D eigenvalue weighted by Crippen LogP contribution is -2.21. The monoisotopic (exact) mass is 334 g/mol. The predicted molar refractivity (Wildman–Crippen MR) is 93.7 cm³/mol. The predicted octanol–water partition coefficient (Wildman–Crippen LogP) is 2.10.